The molecule has 0 fully saturated rings. The van der Waals surface area contributed by atoms with Crippen LogP contribution in [0.4, 0.5) is 5.69 Å². The summed E-state index contributed by atoms with van der Waals surface area (Å²) >= 11 is 0. The molecule has 0 aliphatic carbocycles. The highest BCUT2D eigenvalue weighted by molar-refractivity contribution is 6.32. The maximum absolute atomic E-state index is 12.9. The van der Waals surface area contributed by atoms with Gasteiger partial charge in [-0.25, -0.2) is 9.59 Å². The average Bonchev–Trinajstić information content (AvgIpc) is 3.01. The van der Waals surface area contributed by atoms with Crippen molar-refractivity contribution in [1.29, 1.82) is 0 Å². The lowest BCUT2D eigenvalue weighted by Gasteiger charge is -2.12. The summed E-state index contributed by atoms with van der Waals surface area (Å²) in [4.78, 5) is 34.7. The lowest BCUT2D eigenvalue weighted by molar-refractivity contribution is -0.139. The summed E-state index contributed by atoms with van der Waals surface area (Å²) < 4.78 is 10.8. The Balaban J connectivity index is 1.87. The smallest absolute Gasteiger partial charge is 0.341 e. The van der Waals surface area contributed by atoms with Gasteiger partial charge in [0.05, 0.1) is 29.1 Å². The molecule has 0 aromatic heterocycles. The zero-order chi connectivity index (χ0) is 22.5. The number of hydrazone groups is 1. The molecule has 0 spiro atoms. The van der Waals surface area contributed by atoms with Gasteiger partial charge in [-0.3, -0.25) is 4.79 Å². The van der Waals surface area contributed by atoms with E-state index in [-0.39, 0.29) is 17.2 Å². The first-order chi connectivity index (χ1) is 14.8. The van der Waals surface area contributed by atoms with Crippen LogP contribution in [0.25, 0.3) is 6.08 Å². The predicted octanol–water partition coefficient (Wildman–Crippen LogP) is 3.05. The Labute approximate surface area is 177 Å². The second-order valence-corrected chi connectivity index (χ2v) is 6.53. The van der Waals surface area contributed by atoms with Crippen molar-refractivity contribution < 1.29 is 34.1 Å². The number of benzene rings is 2. The first kappa shape index (κ1) is 21.6. The van der Waals surface area contributed by atoms with Gasteiger partial charge in [-0.2, -0.15) is 10.1 Å². The third-order valence-corrected chi connectivity index (χ3v) is 4.35. The highest BCUT2D eigenvalue weighted by Crippen LogP contribution is 2.31. The molecular weight excluding hydrogens is 404 g/mol. The van der Waals surface area contributed by atoms with Crippen LogP contribution in [-0.4, -0.2) is 47.0 Å². The van der Waals surface area contributed by atoms with Gasteiger partial charge >= 0.3 is 11.9 Å². The van der Waals surface area contributed by atoms with Crippen molar-refractivity contribution in [2.45, 2.75) is 13.8 Å². The van der Waals surface area contributed by atoms with Crippen molar-refractivity contribution in [3.63, 3.8) is 0 Å². The third kappa shape index (κ3) is 4.89. The molecule has 2 N–H and O–H groups in total. The number of hydrogen-bond acceptors (Lipinski definition) is 6. The molecule has 160 valence electrons. The van der Waals surface area contributed by atoms with Crippen molar-refractivity contribution in [3.05, 3.63) is 59.2 Å². The van der Waals surface area contributed by atoms with Crippen LogP contribution in [0.1, 0.15) is 29.8 Å². The number of hydrogen-bond donors (Lipinski definition) is 2. The lowest BCUT2D eigenvalue weighted by atomic mass is 10.1. The molecule has 2 aromatic carbocycles. The van der Waals surface area contributed by atoms with Crippen LogP contribution in [0, 0.1) is 0 Å². The third-order valence-electron chi connectivity index (χ3n) is 4.35. The Kier molecular flexibility index (Phi) is 6.35. The second kappa shape index (κ2) is 9.12. The molecule has 0 saturated carbocycles. The topological polar surface area (TPSA) is 126 Å². The van der Waals surface area contributed by atoms with Crippen molar-refractivity contribution in [1.82, 2.24) is 0 Å². The molecule has 1 aliphatic heterocycles. The summed E-state index contributed by atoms with van der Waals surface area (Å²) in [5, 5.41) is 23.3. The number of anilines is 1. The summed E-state index contributed by atoms with van der Waals surface area (Å²) in [6.07, 6.45) is 1.65. The molecule has 1 amide bonds. The average molecular weight is 424 g/mol. The number of nitrogens with zero attached hydrogens (tertiary/aromatic N) is 2. The molecular formula is C22H20N2O7. The number of carboxylic acid groups (broad SMARTS) is 2. The molecule has 2 aromatic rings. The highest BCUT2D eigenvalue weighted by atomic mass is 16.5. The second-order valence-electron chi connectivity index (χ2n) is 6.53. The first-order valence-electron chi connectivity index (χ1n) is 9.36. The van der Waals surface area contributed by atoms with Crippen molar-refractivity contribution in [3.8, 4) is 11.5 Å². The zero-order valence-corrected chi connectivity index (χ0v) is 16.9. The van der Waals surface area contributed by atoms with Gasteiger partial charge < -0.3 is 19.7 Å². The van der Waals surface area contributed by atoms with Crippen LogP contribution >= 0.6 is 0 Å². The molecule has 0 unspecified atom stereocenters. The van der Waals surface area contributed by atoms with E-state index in [1.807, 2.05) is 0 Å². The molecule has 9 heteroatoms. The molecule has 0 bridgehead atoms. The molecule has 1 aliphatic rings. The van der Waals surface area contributed by atoms with Gasteiger partial charge in [0, 0.05) is 0 Å². The fourth-order valence-electron chi connectivity index (χ4n) is 2.91. The first-order valence-corrected chi connectivity index (χ1v) is 9.36. The largest absolute Gasteiger partial charge is 0.490 e. The SMILES string of the molecule is CCOc1cc(/C=C2\C(=O)N(c3ccc(C(=O)O)cc3)N=C2C)ccc1OCC(=O)O. The van der Waals surface area contributed by atoms with Crippen LogP contribution in [0.3, 0.4) is 0 Å². The quantitative estimate of drug-likeness (QED) is 0.624. The molecule has 0 saturated heterocycles. The van der Waals surface area contributed by atoms with Gasteiger partial charge in [-0.1, -0.05) is 6.07 Å². The predicted molar refractivity (Wildman–Crippen MR) is 113 cm³/mol. The Hall–Kier alpha value is -4.14. The standard InChI is InChI=1S/C22H20N2O7/c1-3-30-19-11-14(4-9-18(19)31-12-20(25)26)10-17-13(2)23-24(21(17)27)16-7-5-15(6-8-16)22(28)29/h4-11H,3,12H2,1-2H3,(H,25,26)(H,28,29)/b17-10-. The minimum absolute atomic E-state index is 0.112. The Bertz CT molecular complexity index is 1090. The van der Waals surface area contributed by atoms with Crippen LogP contribution in [0.2, 0.25) is 0 Å². The maximum atomic E-state index is 12.9. The van der Waals surface area contributed by atoms with E-state index in [0.29, 0.717) is 34.9 Å². The number of ether oxygens (including phenoxy) is 2. The van der Waals surface area contributed by atoms with E-state index in [2.05, 4.69) is 5.10 Å². The lowest BCUT2D eigenvalue weighted by Crippen LogP contribution is -2.21. The minimum Gasteiger partial charge on any atom is -0.490 e. The van der Waals surface area contributed by atoms with Crippen LogP contribution in [0.5, 0.6) is 11.5 Å². The number of aromatic carboxylic acids is 1. The van der Waals surface area contributed by atoms with E-state index in [1.54, 1.807) is 38.1 Å². The number of aliphatic carboxylic acids is 1. The number of carbonyl (C=O) groups excluding carboxylic acids is 1. The van der Waals surface area contributed by atoms with Gasteiger partial charge in [0.25, 0.3) is 5.91 Å². The van der Waals surface area contributed by atoms with Gasteiger partial charge in [-0.15, -0.1) is 0 Å². The van der Waals surface area contributed by atoms with E-state index in [9.17, 15) is 14.4 Å². The fraction of sp³-hybridized carbons (Fsp3) is 0.182. The number of carbonyl (C=O) groups is 3. The fourth-order valence-corrected chi connectivity index (χ4v) is 2.91. The molecule has 9 nitrogen and oxygen atoms in total. The van der Waals surface area contributed by atoms with E-state index in [0.717, 1.165) is 0 Å². The minimum atomic E-state index is -1.10. The molecule has 3 rings (SSSR count). The van der Waals surface area contributed by atoms with E-state index < -0.39 is 18.5 Å². The van der Waals surface area contributed by atoms with E-state index in [1.165, 1.54) is 29.3 Å². The van der Waals surface area contributed by atoms with Gasteiger partial charge in [0.1, 0.15) is 0 Å². The van der Waals surface area contributed by atoms with Gasteiger partial charge in [0.2, 0.25) is 0 Å². The summed E-state index contributed by atoms with van der Waals surface area (Å²) in [5.74, 6) is -1.87. The number of amides is 1. The summed E-state index contributed by atoms with van der Waals surface area (Å²) in [6.45, 7) is 3.34. The monoisotopic (exact) mass is 424 g/mol. The van der Waals surface area contributed by atoms with Crippen LogP contribution in [0.15, 0.2) is 53.1 Å². The maximum Gasteiger partial charge on any atom is 0.341 e. The molecule has 1 heterocycles. The number of rotatable bonds is 8. The van der Waals surface area contributed by atoms with Crippen molar-refractivity contribution in [2.24, 2.45) is 5.10 Å². The Morgan fingerprint density at radius 3 is 2.39 bits per heavy atom. The summed E-state index contributed by atoms with van der Waals surface area (Å²) in [6, 6.07) is 10.7. The summed E-state index contributed by atoms with van der Waals surface area (Å²) in [7, 11) is 0. The highest BCUT2D eigenvalue weighted by Gasteiger charge is 2.29. The number of carboxylic acids is 2. The molecule has 0 radical (unpaired) electrons. The van der Waals surface area contributed by atoms with Crippen LogP contribution < -0.4 is 14.5 Å². The van der Waals surface area contributed by atoms with Crippen molar-refractivity contribution >= 4 is 35.3 Å². The van der Waals surface area contributed by atoms with E-state index in [4.69, 9.17) is 19.7 Å². The zero-order valence-electron chi connectivity index (χ0n) is 16.9. The van der Waals surface area contributed by atoms with E-state index >= 15 is 0 Å². The molecule has 0 atom stereocenters. The van der Waals surface area contributed by atoms with Crippen LogP contribution in [-0.2, 0) is 9.59 Å². The normalized spacial score (nSPS) is 14.5. The van der Waals surface area contributed by atoms with Gasteiger partial charge in [-0.05, 0) is 61.9 Å². The van der Waals surface area contributed by atoms with Gasteiger partial charge in [0.15, 0.2) is 18.1 Å². The molecule has 31 heavy (non-hydrogen) atoms. The summed E-state index contributed by atoms with van der Waals surface area (Å²) in [5.41, 5.74) is 2.07. The Morgan fingerprint density at radius 2 is 1.77 bits per heavy atom. The Morgan fingerprint density at radius 1 is 1.06 bits per heavy atom. The van der Waals surface area contributed by atoms with Crippen molar-refractivity contribution in [2.75, 3.05) is 18.2 Å².